The van der Waals surface area contributed by atoms with Crippen molar-refractivity contribution in [3.8, 4) is 45.0 Å². The topological polar surface area (TPSA) is 268 Å². The standard InChI is InChI=1S/C22H22FN5O2.2C22H23N5O2.C19H19N5O2S/c1-14-10-17(23)20-24-18(13-28(20)12-14)16-11-15-4-5-19(25-21(15)30-22(16)29)27-7-3-6-26(2)8-9-27;1-15-4-6-19-23-18(14-27(19)13-15)17-12-16-5-7-20(24-21(16)29-22(17)28)26-9-3-8-25(2)10-11-26;1-15-6-9-27-14-18(23-20(27)12-15)17-13-16-4-5-19(24-21(16)29-22(17)28)26-8-3-7-25(2)10-11-26;1-22-5-2-6-23(8-7-22)16-4-3-13-11-14(18(25)26-17(13)21-16)15-12-24-9-10-27-19(24)20-15/h4-5,10-13H,3,6-9H2,1-2H3;4-7,12-14H,3,8-11H2,1-2H3;4-6,9,12-14H,3,7-8,10-11H2,1-2H3;3-4,9-12H,2,5-8H2,1H3. The first kappa shape index (κ1) is 75.3. The van der Waals surface area contributed by atoms with E-state index in [1.807, 2.05) is 161 Å². The van der Waals surface area contributed by atoms with Gasteiger partial charge in [0, 0.05) is 155 Å². The van der Waals surface area contributed by atoms with Crippen LogP contribution in [0, 0.1) is 26.6 Å². The fraction of sp³-hybridized carbons (Fsp3) is 0.318. The molecule has 0 N–H and O–H groups in total. The third kappa shape index (κ3) is 16.5. The van der Waals surface area contributed by atoms with Crippen molar-refractivity contribution in [2.75, 3.05) is 153 Å². The lowest BCUT2D eigenvalue weighted by Gasteiger charge is -2.21. The molecule has 0 spiro atoms. The summed E-state index contributed by atoms with van der Waals surface area (Å²) >= 11 is 1.53. The van der Waals surface area contributed by atoms with Crippen LogP contribution in [-0.2, 0) is 0 Å². The van der Waals surface area contributed by atoms with Gasteiger partial charge in [0.15, 0.2) is 16.4 Å². The van der Waals surface area contributed by atoms with Crippen LogP contribution in [0.5, 0.6) is 0 Å². The fourth-order valence-electron chi connectivity index (χ4n) is 15.1. The average Bonchev–Trinajstić information content (AvgIpc) is 1.76. The third-order valence-corrected chi connectivity index (χ3v) is 22.3. The third-order valence-electron chi connectivity index (χ3n) is 21.6. The van der Waals surface area contributed by atoms with Crippen molar-refractivity contribution < 1.29 is 22.1 Å². The van der Waals surface area contributed by atoms with Crippen molar-refractivity contribution in [1.29, 1.82) is 0 Å². The SMILES string of the molecule is CN1CCCN(c2ccc3cc(-c4cn5ccsc5n4)c(=O)oc3n2)CC1.Cc1cc(F)c2nc(-c3cc4ccc(N5CCCN(C)CC5)nc4oc3=O)cn2c1.Cc1ccc2nc(-c3cc4ccc(N5CCCN(C)CC5)nc4oc3=O)cn2c1.Cc1ccn2cc(-c3cc4ccc(N5CCCN(C)CC5)nc4oc3=O)nc2c1. The van der Waals surface area contributed by atoms with Crippen LogP contribution in [0.4, 0.5) is 27.7 Å². The molecule has 0 amide bonds. The highest BCUT2D eigenvalue weighted by Crippen LogP contribution is 2.30. The normalized spacial score (nSPS) is 15.9. The molecule has 4 saturated heterocycles. The monoisotopic (exact) mass is 1570 g/mol. The second-order valence-corrected chi connectivity index (χ2v) is 31.1. The lowest BCUT2D eigenvalue weighted by atomic mass is 10.2. The van der Waals surface area contributed by atoms with E-state index in [0.29, 0.717) is 67.7 Å². The molecule has 0 aliphatic carbocycles. The first-order valence-corrected chi connectivity index (χ1v) is 39.7. The van der Waals surface area contributed by atoms with Crippen molar-refractivity contribution in [2.45, 2.75) is 46.5 Å². The van der Waals surface area contributed by atoms with E-state index < -0.39 is 28.3 Å². The molecule has 0 unspecified atom stereocenters. The highest BCUT2D eigenvalue weighted by atomic mass is 32.1. The van der Waals surface area contributed by atoms with Crippen molar-refractivity contribution in [2.24, 2.45) is 0 Å². The van der Waals surface area contributed by atoms with Crippen LogP contribution in [0.1, 0.15) is 42.4 Å². The highest BCUT2D eigenvalue weighted by molar-refractivity contribution is 7.15. The predicted octanol–water partition coefficient (Wildman–Crippen LogP) is 11.7. The van der Waals surface area contributed by atoms with Crippen LogP contribution in [-0.4, -0.2) is 210 Å². The second kappa shape index (κ2) is 32.3. The van der Waals surface area contributed by atoms with Gasteiger partial charge in [-0.05, 0) is 215 Å². The Kier molecular flexibility index (Phi) is 21.1. The lowest BCUT2D eigenvalue weighted by molar-refractivity contribution is 0.360. The summed E-state index contributed by atoms with van der Waals surface area (Å²) in [7, 11) is 8.53. The fourth-order valence-corrected chi connectivity index (χ4v) is 15.8. The molecule has 16 aromatic heterocycles. The number of likely N-dealkylation sites (N-methyl/N-ethyl adjacent to an activating group) is 4. The summed E-state index contributed by atoms with van der Waals surface area (Å²) in [5.74, 6) is 2.94. The number of anilines is 4. The molecule has 28 nitrogen and oxygen atoms in total. The maximum Gasteiger partial charge on any atom is 0.347 e. The molecule has 16 aromatic rings. The Morgan fingerprint density at radius 2 is 0.713 bits per heavy atom. The maximum absolute atomic E-state index is 14.2. The second-order valence-electron chi connectivity index (χ2n) is 30.3. The van der Waals surface area contributed by atoms with Crippen LogP contribution in [0.3, 0.4) is 0 Å². The highest BCUT2D eigenvalue weighted by Gasteiger charge is 2.24. The van der Waals surface area contributed by atoms with Crippen LogP contribution >= 0.6 is 11.3 Å². The Hall–Kier alpha value is -12.4. The van der Waals surface area contributed by atoms with E-state index >= 15 is 0 Å². The van der Waals surface area contributed by atoms with Crippen molar-refractivity contribution in [1.82, 2.24) is 77.1 Å². The maximum atomic E-state index is 14.2. The number of hydrogen-bond acceptors (Lipinski definition) is 25. The number of halogens is 1. The molecule has 4 aliphatic rings. The van der Waals surface area contributed by atoms with Gasteiger partial charge in [0.05, 0.1) is 45.0 Å². The molecule has 4 fully saturated rings. The lowest BCUT2D eigenvalue weighted by Crippen LogP contribution is -2.29. The van der Waals surface area contributed by atoms with Crippen molar-refractivity contribution >= 4 is 101 Å². The Morgan fingerprint density at radius 1 is 0.330 bits per heavy atom. The van der Waals surface area contributed by atoms with Crippen LogP contribution in [0.25, 0.3) is 111 Å². The van der Waals surface area contributed by atoms with Gasteiger partial charge in [0.1, 0.15) is 34.6 Å². The number of aromatic nitrogens is 12. The molecule has 30 heteroatoms. The van der Waals surface area contributed by atoms with E-state index in [0.717, 1.165) is 203 Å². The molecule has 4 aliphatic heterocycles. The molecule has 0 atom stereocenters. The summed E-state index contributed by atoms with van der Waals surface area (Å²) in [5, 5.41) is 5.05. The van der Waals surface area contributed by atoms with Crippen molar-refractivity contribution in [3.63, 3.8) is 0 Å². The average molecular weight is 1570 g/mol. The summed E-state index contributed by atoms with van der Waals surface area (Å²) < 4.78 is 43.8. The minimum Gasteiger partial charge on any atom is -0.403 e. The van der Waals surface area contributed by atoms with Gasteiger partial charge in [-0.3, -0.25) is 4.40 Å². The number of nitrogens with zero attached hydrogens (tertiary/aromatic N) is 20. The molecule has 588 valence electrons. The van der Waals surface area contributed by atoms with Gasteiger partial charge in [-0.25, -0.2) is 43.5 Å². The van der Waals surface area contributed by atoms with Crippen LogP contribution < -0.4 is 42.1 Å². The largest absolute Gasteiger partial charge is 0.403 e. The Labute approximate surface area is 662 Å². The van der Waals surface area contributed by atoms with Gasteiger partial charge in [0.25, 0.3) is 0 Å². The summed E-state index contributed by atoms with van der Waals surface area (Å²) in [6.45, 7) is 21.5. The van der Waals surface area contributed by atoms with E-state index in [9.17, 15) is 23.6 Å². The smallest absolute Gasteiger partial charge is 0.347 e. The first-order valence-electron chi connectivity index (χ1n) is 38.8. The van der Waals surface area contributed by atoms with E-state index in [-0.39, 0.29) is 11.2 Å². The minimum atomic E-state index is -0.539. The Bertz CT molecular complexity index is 6350. The Morgan fingerprint density at radius 3 is 1.15 bits per heavy atom. The molecular weight excluding hydrogens is 1480 g/mol. The van der Waals surface area contributed by atoms with E-state index in [1.165, 1.54) is 17.4 Å². The summed E-state index contributed by atoms with van der Waals surface area (Å²) in [5.41, 5.74) is 8.26. The van der Waals surface area contributed by atoms with Gasteiger partial charge in [0.2, 0.25) is 22.9 Å². The zero-order chi connectivity index (χ0) is 79.1. The molecule has 20 rings (SSSR count). The number of fused-ring (bicyclic) bond motifs is 8. The van der Waals surface area contributed by atoms with Crippen molar-refractivity contribution in [3.05, 3.63) is 222 Å². The first-order chi connectivity index (χ1) is 55.8. The number of imidazole rings is 4. The minimum absolute atomic E-state index is 0.176. The summed E-state index contributed by atoms with van der Waals surface area (Å²) in [4.78, 5) is 106. The van der Waals surface area contributed by atoms with E-state index in [1.54, 1.807) is 29.8 Å². The molecule has 0 radical (unpaired) electrons. The molecule has 0 saturated carbocycles. The quantitative estimate of drug-likeness (QED) is 0.137. The predicted molar refractivity (Wildman–Crippen MR) is 447 cm³/mol. The Balaban J connectivity index is 0.000000111. The zero-order valence-electron chi connectivity index (χ0n) is 65.1. The molecular formula is C85H87FN20O8S. The van der Waals surface area contributed by atoms with Gasteiger partial charge in [-0.1, -0.05) is 6.07 Å². The van der Waals surface area contributed by atoms with Crippen LogP contribution in [0.2, 0.25) is 0 Å². The number of pyridine rings is 7. The molecule has 20 heterocycles. The summed E-state index contributed by atoms with van der Waals surface area (Å²) in [6.07, 6.45) is 19.1. The van der Waals surface area contributed by atoms with Gasteiger partial charge in [-0.2, -0.15) is 19.9 Å². The van der Waals surface area contributed by atoms with Gasteiger partial charge < -0.3 is 70.1 Å². The molecule has 0 bridgehead atoms. The number of aryl methyl sites for hydroxylation is 3. The number of rotatable bonds is 8. The van der Waals surface area contributed by atoms with E-state index in [4.69, 9.17) is 17.7 Å². The van der Waals surface area contributed by atoms with Gasteiger partial charge >= 0.3 is 22.5 Å². The van der Waals surface area contributed by atoms with Gasteiger partial charge in [-0.15, -0.1) is 11.3 Å². The number of hydrogen-bond donors (Lipinski definition) is 0. The van der Waals surface area contributed by atoms with Crippen LogP contribution in [0.15, 0.2) is 195 Å². The molecule has 0 aromatic carbocycles. The number of thiazole rings is 1. The zero-order valence-corrected chi connectivity index (χ0v) is 66.0. The summed E-state index contributed by atoms with van der Waals surface area (Å²) in [6, 6.07) is 32.3. The van der Waals surface area contributed by atoms with E-state index in [2.05, 4.69) is 107 Å². The molecule has 115 heavy (non-hydrogen) atoms.